The predicted octanol–water partition coefficient (Wildman–Crippen LogP) is 5.32. The van der Waals surface area contributed by atoms with E-state index in [-0.39, 0.29) is 17.7 Å². The van der Waals surface area contributed by atoms with Crippen molar-refractivity contribution in [3.05, 3.63) is 63.6 Å². The molecule has 140 valence electrons. The van der Waals surface area contributed by atoms with Crippen molar-refractivity contribution in [1.29, 1.82) is 0 Å². The van der Waals surface area contributed by atoms with Crippen molar-refractivity contribution in [2.45, 2.75) is 25.1 Å². The fourth-order valence-corrected chi connectivity index (χ4v) is 3.35. The van der Waals surface area contributed by atoms with E-state index in [1.54, 1.807) is 12.1 Å². The van der Waals surface area contributed by atoms with Gasteiger partial charge in [-0.3, -0.25) is 4.79 Å². The molecule has 8 heteroatoms. The molecular formula is C19H17Cl2N3O2S. The molecule has 1 N–H and O–H groups in total. The third kappa shape index (κ3) is 5.03. The smallest absolute Gasteiger partial charge is 0.277 e. The lowest BCUT2D eigenvalue weighted by Crippen LogP contribution is -2.28. The summed E-state index contributed by atoms with van der Waals surface area (Å²) in [6.07, 6.45) is 0. The largest absolute Gasteiger partial charge is 0.411 e. The van der Waals surface area contributed by atoms with Crippen molar-refractivity contribution in [3.8, 4) is 11.5 Å². The highest BCUT2D eigenvalue weighted by molar-refractivity contribution is 7.99. The van der Waals surface area contributed by atoms with Gasteiger partial charge in [0.05, 0.1) is 21.8 Å². The van der Waals surface area contributed by atoms with Gasteiger partial charge in [-0.25, -0.2) is 0 Å². The maximum Gasteiger partial charge on any atom is 0.277 e. The molecule has 0 saturated carbocycles. The van der Waals surface area contributed by atoms with Gasteiger partial charge >= 0.3 is 0 Å². The quantitative estimate of drug-likeness (QED) is 0.545. The van der Waals surface area contributed by atoms with Crippen LogP contribution < -0.4 is 5.32 Å². The Morgan fingerprint density at radius 1 is 1.19 bits per heavy atom. The molecule has 0 aliphatic carbocycles. The van der Waals surface area contributed by atoms with Crippen molar-refractivity contribution in [1.82, 2.24) is 15.5 Å². The van der Waals surface area contributed by atoms with E-state index >= 15 is 0 Å². The van der Waals surface area contributed by atoms with Gasteiger partial charge in [0.1, 0.15) is 0 Å². The second-order valence-corrected chi connectivity index (χ2v) is 7.68. The summed E-state index contributed by atoms with van der Waals surface area (Å²) in [6, 6.07) is 12.8. The van der Waals surface area contributed by atoms with Crippen LogP contribution in [0.4, 0.5) is 0 Å². The summed E-state index contributed by atoms with van der Waals surface area (Å²) in [7, 11) is 0. The predicted molar refractivity (Wildman–Crippen MR) is 108 cm³/mol. The molecule has 0 aliphatic rings. The Kier molecular flexibility index (Phi) is 6.42. The molecule has 1 amide bonds. The summed E-state index contributed by atoms with van der Waals surface area (Å²) >= 11 is 13.1. The molecule has 2 aromatic carbocycles. The first-order chi connectivity index (χ1) is 12.9. The fraction of sp³-hybridized carbons (Fsp3) is 0.211. The first-order valence-corrected chi connectivity index (χ1v) is 9.95. The molecule has 1 unspecified atom stereocenters. The lowest BCUT2D eigenvalue weighted by Gasteiger charge is -2.14. The highest BCUT2D eigenvalue weighted by Gasteiger charge is 2.15. The first kappa shape index (κ1) is 19.7. The molecular weight excluding hydrogens is 405 g/mol. The van der Waals surface area contributed by atoms with Gasteiger partial charge in [-0.1, -0.05) is 59.2 Å². The van der Waals surface area contributed by atoms with Crippen LogP contribution in [0.1, 0.15) is 24.1 Å². The first-order valence-electron chi connectivity index (χ1n) is 8.20. The van der Waals surface area contributed by atoms with Gasteiger partial charge in [0, 0.05) is 5.56 Å². The van der Waals surface area contributed by atoms with Crippen LogP contribution in [0.5, 0.6) is 0 Å². The van der Waals surface area contributed by atoms with E-state index in [9.17, 15) is 4.79 Å². The number of amides is 1. The molecule has 0 fully saturated rings. The molecule has 1 atom stereocenters. The van der Waals surface area contributed by atoms with Crippen LogP contribution in [-0.4, -0.2) is 21.9 Å². The molecule has 5 nitrogen and oxygen atoms in total. The van der Waals surface area contributed by atoms with E-state index in [0.717, 1.165) is 16.7 Å². The third-order valence-electron chi connectivity index (χ3n) is 3.93. The number of benzene rings is 2. The maximum absolute atomic E-state index is 12.2. The number of rotatable bonds is 6. The number of hydrogen-bond donors (Lipinski definition) is 1. The van der Waals surface area contributed by atoms with Crippen molar-refractivity contribution < 1.29 is 9.21 Å². The molecule has 0 bridgehead atoms. The van der Waals surface area contributed by atoms with Crippen LogP contribution in [0.25, 0.3) is 11.5 Å². The number of aryl methyl sites for hydroxylation is 1. The van der Waals surface area contributed by atoms with E-state index in [4.69, 9.17) is 27.6 Å². The van der Waals surface area contributed by atoms with Crippen LogP contribution in [0.3, 0.4) is 0 Å². The van der Waals surface area contributed by atoms with E-state index < -0.39 is 0 Å². The standard InChI is InChI=1S/C19H17Cl2N3O2S/c1-11-5-3-4-6-14(11)18-23-24-19(26-18)27-10-17(25)22-12(2)13-7-8-15(20)16(21)9-13/h3-9,12H,10H2,1-2H3,(H,22,25). The van der Waals surface area contributed by atoms with E-state index in [0.29, 0.717) is 21.2 Å². The minimum atomic E-state index is -0.196. The summed E-state index contributed by atoms with van der Waals surface area (Å²) in [4.78, 5) is 12.2. The van der Waals surface area contributed by atoms with E-state index in [2.05, 4.69) is 15.5 Å². The van der Waals surface area contributed by atoms with Gasteiger partial charge < -0.3 is 9.73 Å². The number of carbonyl (C=O) groups excluding carboxylic acids is 1. The third-order valence-corrected chi connectivity index (χ3v) is 5.49. The SMILES string of the molecule is Cc1ccccc1-c1nnc(SCC(=O)NC(C)c2ccc(Cl)c(Cl)c2)o1. The average Bonchev–Trinajstić information content (AvgIpc) is 3.11. The van der Waals surface area contributed by atoms with Gasteiger partial charge in [0.25, 0.3) is 5.22 Å². The Morgan fingerprint density at radius 2 is 1.96 bits per heavy atom. The van der Waals surface area contributed by atoms with Gasteiger partial charge in [0.2, 0.25) is 11.8 Å². The Bertz CT molecular complexity index is 962. The van der Waals surface area contributed by atoms with Crippen LogP contribution in [0, 0.1) is 6.92 Å². The van der Waals surface area contributed by atoms with Crippen molar-refractivity contribution in [3.63, 3.8) is 0 Å². The fourth-order valence-electron chi connectivity index (χ4n) is 2.47. The molecule has 0 radical (unpaired) electrons. The van der Waals surface area contributed by atoms with E-state index in [1.165, 1.54) is 11.8 Å². The number of carbonyl (C=O) groups is 1. The minimum Gasteiger partial charge on any atom is -0.411 e. The van der Waals surface area contributed by atoms with E-state index in [1.807, 2.05) is 44.2 Å². The number of aromatic nitrogens is 2. The number of halogens is 2. The summed E-state index contributed by atoms with van der Waals surface area (Å²) < 4.78 is 5.65. The normalized spacial score (nSPS) is 12.0. The average molecular weight is 422 g/mol. The summed E-state index contributed by atoms with van der Waals surface area (Å²) in [5.74, 6) is 0.468. The van der Waals surface area contributed by atoms with Crippen molar-refractivity contribution >= 4 is 40.9 Å². The molecule has 3 rings (SSSR count). The lowest BCUT2D eigenvalue weighted by atomic mass is 10.1. The number of nitrogens with one attached hydrogen (secondary N) is 1. The highest BCUT2D eigenvalue weighted by atomic mass is 35.5. The zero-order valence-electron chi connectivity index (χ0n) is 14.7. The van der Waals surface area contributed by atoms with Gasteiger partial charge in [0.15, 0.2) is 0 Å². The van der Waals surface area contributed by atoms with Crippen LogP contribution in [0.2, 0.25) is 10.0 Å². The Hall–Kier alpha value is -2.02. The topological polar surface area (TPSA) is 68.0 Å². The Balaban J connectivity index is 1.56. The molecule has 1 heterocycles. The second-order valence-electron chi connectivity index (χ2n) is 5.94. The molecule has 3 aromatic rings. The van der Waals surface area contributed by atoms with Crippen LogP contribution in [-0.2, 0) is 4.79 Å². The maximum atomic E-state index is 12.2. The van der Waals surface area contributed by atoms with Crippen molar-refractivity contribution in [2.24, 2.45) is 0 Å². The highest BCUT2D eigenvalue weighted by Crippen LogP contribution is 2.27. The van der Waals surface area contributed by atoms with Crippen LogP contribution >= 0.6 is 35.0 Å². The molecule has 1 aromatic heterocycles. The van der Waals surface area contributed by atoms with Gasteiger partial charge in [-0.2, -0.15) is 0 Å². The lowest BCUT2D eigenvalue weighted by molar-refractivity contribution is -0.119. The van der Waals surface area contributed by atoms with Gasteiger partial charge in [-0.05, 0) is 43.2 Å². The molecule has 0 aliphatic heterocycles. The zero-order valence-corrected chi connectivity index (χ0v) is 17.0. The Morgan fingerprint density at radius 3 is 2.70 bits per heavy atom. The van der Waals surface area contributed by atoms with Gasteiger partial charge in [-0.15, -0.1) is 10.2 Å². The van der Waals surface area contributed by atoms with Crippen molar-refractivity contribution in [2.75, 3.05) is 5.75 Å². The number of hydrogen-bond acceptors (Lipinski definition) is 5. The van der Waals surface area contributed by atoms with Crippen LogP contribution in [0.15, 0.2) is 52.1 Å². The second kappa shape index (κ2) is 8.78. The molecule has 27 heavy (non-hydrogen) atoms. The number of nitrogens with zero attached hydrogens (tertiary/aromatic N) is 2. The summed E-state index contributed by atoms with van der Waals surface area (Å²) in [6.45, 7) is 3.86. The monoisotopic (exact) mass is 421 g/mol. The molecule has 0 saturated heterocycles. The summed E-state index contributed by atoms with van der Waals surface area (Å²) in [5, 5.41) is 12.3. The molecule has 0 spiro atoms. The number of thioether (sulfide) groups is 1. The zero-order chi connectivity index (χ0) is 19.4. The minimum absolute atomic E-state index is 0.144. The summed E-state index contributed by atoms with van der Waals surface area (Å²) in [5.41, 5.74) is 2.81. The Labute approximate surface area is 171 Å².